The molecule has 1 aromatic rings. The van der Waals surface area contributed by atoms with Crippen LogP contribution in [0.2, 0.25) is 0 Å². The van der Waals surface area contributed by atoms with Crippen LogP contribution in [0, 0.1) is 31.1 Å². The molecule has 3 nitrogen and oxygen atoms in total. The standard InChI is InChI=1S/C15H22N2O/c1-9(2)7-12-13(15(12,5)6)14(18)17-11(4)8-10(3)16-17/h7-8,12-13H,1-6H3/t12-,13+/m1/s1. The summed E-state index contributed by atoms with van der Waals surface area (Å²) in [7, 11) is 0. The van der Waals surface area contributed by atoms with E-state index in [1.165, 1.54) is 5.57 Å². The molecule has 0 unspecified atom stereocenters. The van der Waals surface area contributed by atoms with Crippen LogP contribution in [-0.4, -0.2) is 15.7 Å². The Hall–Kier alpha value is -1.38. The minimum absolute atomic E-state index is 0.0562. The lowest BCUT2D eigenvalue weighted by Gasteiger charge is -2.03. The van der Waals surface area contributed by atoms with Gasteiger partial charge in [-0.3, -0.25) is 4.79 Å². The van der Waals surface area contributed by atoms with Gasteiger partial charge in [0.15, 0.2) is 0 Å². The molecule has 0 spiro atoms. The van der Waals surface area contributed by atoms with E-state index in [1.54, 1.807) is 4.68 Å². The first-order chi connectivity index (χ1) is 8.25. The quantitative estimate of drug-likeness (QED) is 0.750. The van der Waals surface area contributed by atoms with E-state index in [4.69, 9.17) is 0 Å². The van der Waals surface area contributed by atoms with Crippen LogP contribution in [0.1, 0.15) is 43.9 Å². The van der Waals surface area contributed by atoms with E-state index in [-0.39, 0.29) is 17.2 Å². The maximum Gasteiger partial charge on any atom is 0.251 e. The second-order valence-electron chi connectivity index (χ2n) is 6.25. The van der Waals surface area contributed by atoms with Crippen molar-refractivity contribution >= 4 is 5.91 Å². The van der Waals surface area contributed by atoms with Gasteiger partial charge in [0.05, 0.1) is 11.6 Å². The van der Waals surface area contributed by atoms with Crippen molar-refractivity contribution in [3.8, 4) is 0 Å². The Balaban J connectivity index is 2.27. The molecule has 3 heteroatoms. The van der Waals surface area contributed by atoms with Gasteiger partial charge in [-0.15, -0.1) is 0 Å². The molecular weight excluding hydrogens is 224 g/mol. The van der Waals surface area contributed by atoms with Crippen molar-refractivity contribution in [1.29, 1.82) is 0 Å². The third kappa shape index (κ3) is 2.02. The van der Waals surface area contributed by atoms with Crippen LogP contribution in [-0.2, 0) is 0 Å². The molecule has 1 saturated carbocycles. The minimum Gasteiger partial charge on any atom is -0.272 e. The summed E-state index contributed by atoms with van der Waals surface area (Å²) in [6, 6.07) is 1.95. The number of hydrogen-bond acceptors (Lipinski definition) is 2. The molecule has 1 fully saturated rings. The molecule has 0 saturated heterocycles. The van der Waals surface area contributed by atoms with Gasteiger partial charge in [0.1, 0.15) is 0 Å². The van der Waals surface area contributed by atoms with Crippen LogP contribution in [0.25, 0.3) is 0 Å². The van der Waals surface area contributed by atoms with E-state index in [9.17, 15) is 4.79 Å². The molecule has 1 aliphatic rings. The maximum absolute atomic E-state index is 12.5. The van der Waals surface area contributed by atoms with Crippen LogP contribution in [0.15, 0.2) is 17.7 Å². The first-order valence-electron chi connectivity index (χ1n) is 6.47. The molecule has 1 aromatic heterocycles. The van der Waals surface area contributed by atoms with Gasteiger partial charge in [0, 0.05) is 5.69 Å². The molecule has 0 aliphatic heterocycles. The predicted octanol–water partition coefficient (Wildman–Crippen LogP) is 3.38. The lowest BCUT2D eigenvalue weighted by atomic mass is 10.1. The highest BCUT2D eigenvalue weighted by Crippen LogP contribution is 2.59. The van der Waals surface area contributed by atoms with Gasteiger partial charge in [-0.25, -0.2) is 4.68 Å². The average Bonchev–Trinajstić information content (AvgIpc) is 2.58. The van der Waals surface area contributed by atoms with Crippen molar-refractivity contribution in [3.05, 3.63) is 29.1 Å². The molecule has 0 amide bonds. The van der Waals surface area contributed by atoms with Crippen LogP contribution < -0.4 is 0 Å². The molecule has 1 heterocycles. The lowest BCUT2D eigenvalue weighted by Crippen LogP contribution is -2.18. The third-order valence-electron chi connectivity index (χ3n) is 3.91. The fourth-order valence-corrected chi connectivity index (χ4v) is 2.80. The van der Waals surface area contributed by atoms with Gasteiger partial charge >= 0.3 is 0 Å². The summed E-state index contributed by atoms with van der Waals surface area (Å²) in [5.74, 6) is 0.539. The predicted molar refractivity (Wildman–Crippen MR) is 72.5 cm³/mol. The molecule has 2 rings (SSSR count). The summed E-state index contributed by atoms with van der Waals surface area (Å²) in [5.41, 5.74) is 3.16. The van der Waals surface area contributed by atoms with E-state index in [0.717, 1.165) is 11.4 Å². The Bertz CT molecular complexity index is 519. The normalized spacial score (nSPS) is 24.8. The SMILES string of the molecule is CC(C)=C[C@@H]1[C@@H](C(=O)n2nc(C)cc2C)C1(C)C. The van der Waals surface area contributed by atoms with Gasteiger partial charge in [0.2, 0.25) is 0 Å². The lowest BCUT2D eigenvalue weighted by molar-refractivity contribution is 0.0849. The van der Waals surface area contributed by atoms with Crippen LogP contribution >= 0.6 is 0 Å². The Morgan fingerprint density at radius 2 is 2.00 bits per heavy atom. The highest BCUT2D eigenvalue weighted by atomic mass is 16.2. The zero-order valence-electron chi connectivity index (χ0n) is 12.1. The highest BCUT2D eigenvalue weighted by Gasteiger charge is 2.61. The van der Waals surface area contributed by atoms with Gasteiger partial charge in [-0.1, -0.05) is 25.5 Å². The number of hydrogen-bond donors (Lipinski definition) is 0. The molecule has 98 valence electrons. The van der Waals surface area contributed by atoms with Crippen LogP contribution in [0.3, 0.4) is 0 Å². The monoisotopic (exact) mass is 246 g/mol. The summed E-state index contributed by atoms with van der Waals surface area (Å²) >= 11 is 0. The van der Waals surface area contributed by atoms with Crippen molar-refractivity contribution < 1.29 is 4.79 Å². The number of nitrogens with zero attached hydrogens (tertiary/aromatic N) is 2. The average molecular weight is 246 g/mol. The molecule has 0 bridgehead atoms. The minimum atomic E-state index is 0.0562. The smallest absolute Gasteiger partial charge is 0.251 e. The Kier molecular flexibility index (Phi) is 2.96. The second kappa shape index (κ2) is 4.08. The first-order valence-corrected chi connectivity index (χ1v) is 6.47. The maximum atomic E-state index is 12.5. The molecule has 2 atom stereocenters. The van der Waals surface area contributed by atoms with Crippen molar-refractivity contribution in [3.63, 3.8) is 0 Å². The summed E-state index contributed by atoms with van der Waals surface area (Å²) in [4.78, 5) is 12.5. The number of aromatic nitrogens is 2. The zero-order valence-corrected chi connectivity index (χ0v) is 12.1. The molecule has 0 N–H and O–H groups in total. The molecule has 1 aliphatic carbocycles. The van der Waals surface area contributed by atoms with E-state index in [2.05, 4.69) is 38.9 Å². The Morgan fingerprint density at radius 1 is 1.39 bits per heavy atom. The fourth-order valence-electron chi connectivity index (χ4n) is 2.80. The van der Waals surface area contributed by atoms with Crippen molar-refractivity contribution in [2.24, 2.45) is 17.3 Å². The van der Waals surface area contributed by atoms with Gasteiger partial charge in [-0.05, 0) is 45.1 Å². The Morgan fingerprint density at radius 3 is 2.44 bits per heavy atom. The summed E-state index contributed by atoms with van der Waals surface area (Å²) in [5, 5.41) is 4.30. The fraction of sp³-hybridized carbons (Fsp3) is 0.600. The Labute approximate surface area is 109 Å². The highest BCUT2D eigenvalue weighted by molar-refractivity contribution is 5.85. The largest absolute Gasteiger partial charge is 0.272 e. The van der Waals surface area contributed by atoms with Gasteiger partial charge in [0.25, 0.3) is 5.91 Å². The van der Waals surface area contributed by atoms with Crippen LogP contribution in [0.5, 0.6) is 0 Å². The first kappa shape index (κ1) is 13.1. The number of aryl methyl sites for hydroxylation is 2. The number of carbonyl (C=O) groups is 1. The molecule has 0 aromatic carbocycles. The van der Waals surface area contributed by atoms with E-state index < -0.39 is 0 Å². The second-order valence-corrected chi connectivity index (χ2v) is 6.25. The topological polar surface area (TPSA) is 34.9 Å². The number of carbonyl (C=O) groups excluding carboxylic acids is 1. The van der Waals surface area contributed by atoms with Crippen LogP contribution in [0.4, 0.5) is 0 Å². The summed E-state index contributed by atoms with van der Waals surface area (Å²) in [6.07, 6.45) is 2.22. The van der Waals surface area contributed by atoms with E-state index in [0.29, 0.717) is 5.92 Å². The molecule has 18 heavy (non-hydrogen) atoms. The number of rotatable bonds is 2. The van der Waals surface area contributed by atoms with E-state index >= 15 is 0 Å². The summed E-state index contributed by atoms with van der Waals surface area (Å²) < 4.78 is 1.57. The van der Waals surface area contributed by atoms with Gasteiger partial charge in [-0.2, -0.15) is 5.10 Å². The van der Waals surface area contributed by atoms with Crippen molar-refractivity contribution in [1.82, 2.24) is 9.78 Å². The van der Waals surface area contributed by atoms with Crippen molar-refractivity contribution in [2.75, 3.05) is 0 Å². The van der Waals surface area contributed by atoms with Crippen molar-refractivity contribution in [2.45, 2.75) is 41.5 Å². The van der Waals surface area contributed by atoms with E-state index in [1.807, 2.05) is 19.9 Å². The summed E-state index contributed by atoms with van der Waals surface area (Å²) in [6.45, 7) is 12.3. The molecule has 0 radical (unpaired) electrons. The van der Waals surface area contributed by atoms with Gasteiger partial charge < -0.3 is 0 Å². The number of allylic oxidation sites excluding steroid dienone is 2. The third-order valence-corrected chi connectivity index (χ3v) is 3.91. The molecular formula is C15H22N2O. The zero-order chi connectivity index (χ0) is 13.7.